The molecule has 0 spiro atoms. The van der Waals surface area contributed by atoms with Crippen LogP contribution in [-0.2, 0) is 11.4 Å². The molecule has 3 nitrogen and oxygen atoms in total. The third kappa shape index (κ3) is 8.27. The summed E-state index contributed by atoms with van der Waals surface area (Å²) in [6.07, 6.45) is -13.2. The van der Waals surface area contributed by atoms with E-state index >= 15 is 0 Å². The van der Waals surface area contributed by atoms with E-state index in [1.165, 1.54) is 0 Å². The van der Waals surface area contributed by atoms with E-state index in [1.807, 2.05) is 0 Å². The number of rotatable bonds is 0. The van der Waals surface area contributed by atoms with E-state index in [0.717, 1.165) is 0 Å². The van der Waals surface area contributed by atoms with Gasteiger partial charge in [-0.3, -0.25) is 0 Å². The van der Waals surface area contributed by atoms with E-state index in [-0.39, 0.29) is 51.4 Å². The third-order valence-corrected chi connectivity index (χ3v) is 0.712. The molecule has 1 atom stereocenters. The maximum absolute atomic E-state index is 11.2. The first-order chi connectivity index (χ1) is 6.23. The average molecular weight is 308 g/mol. The van der Waals surface area contributed by atoms with Gasteiger partial charge in [0.1, 0.15) is 0 Å². The number of hydrogen-bond donors (Lipinski definition) is 1. The molecule has 0 aromatic carbocycles. The molecule has 0 amide bonds. The fraction of sp³-hybridized carbons (Fsp3) is 1.00. The monoisotopic (exact) mass is 308 g/mol. The average Bonchev–Trinajstić information content (AvgIpc) is 1.79. The normalized spacial score (nSPS) is 14.4. The minimum atomic E-state index is -6.62. The predicted molar refractivity (Wildman–Crippen MR) is 28.6 cm³/mol. The number of halogens is 8. The summed E-state index contributed by atoms with van der Waals surface area (Å²) in [7, 11) is 0. The summed E-state index contributed by atoms with van der Waals surface area (Å²) in [5, 5.41) is 0. The van der Waals surface area contributed by atoms with Crippen molar-refractivity contribution in [1.82, 2.24) is 0 Å². The minimum Gasteiger partial charge on any atom is -0.750 e. The van der Waals surface area contributed by atoms with Crippen molar-refractivity contribution in [3.05, 3.63) is 0 Å². The maximum Gasteiger partial charge on any atom is 1.00 e. The van der Waals surface area contributed by atoms with Crippen LogP contribution in [-0.4, -0.2) is 31.6 Å². The van der Waals surface area contributed by atoms with Crippen molar-refractivity contribution in [3.63, 3.8) is 0 Å². The van der Waals surface area contributed by atoms with Gasteiger partial charge in [-0.15, -0.1) is 0 Å². The van der Waals surface area contributed by atoms with Crippen LogP contribution in [0, 0.1) is 0 Å². The van der Waals surface area contributed by atoms with Gasteiger partial charge < -0.3 is 9.11 Å². The van der Waals surface area contributed by atoms with Gasteiger partial charge in [0.25, 0.3) is 0 Å². The van der Waals surface area contributed by atoms with E-state index in [1.54, 1.807) is 0 Å². The summed E-state index contributed by atoms with van der Waals surface area (Å²) >= 11 is -2.86. The third-order valence-electron chi connectivity index (χ3n) is 0.712. The Labute approximate surface area is 128 Å². The molecule has 0 aliphatic rings. The van der Waals surface area contributed by atoms with Crippen molar-refractivity contribution in [1.29, 1.82) is 0 Å². The Hall–Kier alpha value is 1.15. The second-order valence-corrected chi connectivity index (χ2v) is 2.22. The molecule has 16 heavy (non-hydrogen) atoms. The van der Waals surface area contributed by atoms with Crippen molar-refractivity contribution in [2.45, 2.75) is 18.3 Å². The van der Waals surface area contributed by atoms with Gasteiger partial charge in [0.15, 0.2) is 0 Å². The van der Waals surface area contributed by atoms with Gasteiger partial charge >= 0.3 is 69.7 Å². The van der Waals surface area contributed by atoms with E-state index in [4.69, 9.17) is 13.3 Å². The number of hydrogen-bond acceptors (Lipinski definition) is 2. The molecule has 0 bridgehead atoms. The molecule has 1 N–H and O–H groups in total. The largest absolute Gasteiger partial charge is 1.00 e. The van der Waals surface area contributed by atoms with Crippen LogP contribution >= 0.6 is 0 Å². The first-order valence-corrected chi connectivity index (χ1v) is 3.56. The standard InChI is InChI=1S/C3F8.K.H2O3S/c4-1(5,2(6,7)8)3(9,10)11;;1-4(2)3/h;;(H2,1,2,3)/q;+1;/p-1. The SMILES string of the molecule is FC(F)(F)C(F)(F)C(F)(F)F.O=S([O-])O.[K+]. The Kier molecular flexibility index (Phi) is 10.5. The van der Waals surface area contributed by atoms with E-state index in [9.17, 15) is 35.1 Å². The molecule has 0 aromatic heterocycles. The van der Waals surface area contributed by atoms with Crippen molar-refractivity contribution >= 4 is 11.4 Å². The van der Waals surface area contributed by atoms with Crippen LogP contribution in [0.2, 0.25) is 0 Å². The van der Waals surface area contributed by atoms with Crippen LogP contribution in [0.15, 0.2) is 0 Å². The van der Waals surface area contributed by atoms with Gasteiger partial charge in [-0.1, -0.05) is 0 Å². The Bertz CT molecular complexity index is 204. The zero-order valence-corrected chi connectivity index (χ0v) is 11.1. The molecule has 0 saturated heterocycles. The van der Waals surface area contributed by atoms with Gasteiger partial charge in [-0.2, -0.15) is 35.1 Å². The molecule has 0 rings (SSSR count). The van der Waals surface area contributed by atoms with Gasteiger partial charge in [0.05, 0.1) is 11.4 Å². The molecule has 13 heteroatoms. The van der Waals surface area contributed by atoms with E-state index < -0.39 is 29.6 Å². The van der Waals surface area contributed by atoms with Gasteiger partial charge in [-0.05, 0) is 0 Å². The van der Waals surface area contributed by atoms with Crippen molar-refractivity contribution in [3.8, 4) is 0 Å². The van der Waals surface area contributed by atoms with Crippen LogP contribution in [0.4, 0.5) is 35.1 Å². The summed E-state index contributed by atoms with van der Waals surface area (Å²) in [5.41, 5.74) is 0. The molecule has 0 aliphatic heterocycles. The van der Waals surface area contributed by atoms with Gasteiger partial charge in [0, 0.05) is 0 Å². The van der Waals surface area contributed by atoms with E-state index in [2.05, 4.69) is 0 Å². The molecule has 0 radical (unpaired) electrons. The molecule has 0 fully saturated rings. The summed E-state index contributed by atoms with van der Waals surface area (Å²) < 4.78 is 112. The van der Waals surface area contributed by atoms with Crippen LogP contribution in [0.25, 0.3) is 0 Å². The first-order valence-electron chi connectivity index (χ1n) is 2.53. The van der Waals surface area contributed by atoms with Crippen molar-refractivity contribution in [2.75, 3.05) is 0 Å². The molecule has 0 aromatic rings. The zero-order valence-electron chi connectivity index (χ0n) is 7.20. The second kappa shape index (κ2) is 7.55. The van der Waals surface area contributed by atoms with Crippen LogP contribution in [0.1, 0.15) is 0 Å². The fourth-order valence-corrected chi connectivity index (χ4v) is 0.161. The molecular formula is C3HF8KO3S. The summed E-state index contributed by atoms with van der Waals surface area (Å²) in [6.45, 7) is 0. The predicted octanol–water partition coefficient (Wildman–Crippen LogP) is -0.911. The fourth-order valence-electron chi connectivity index (χ4n) is 0.161. The maximum atomic E-state index is 11.2. The molecule has 0 heterocycles. The van der Waals surface area contributed by atoms with Crippen molar-refractivity contribution < 1.29 is 99.8 Å². The van der Waals surface area contributed by atoms with Crippen LogP contribution < -0.4 is 51.4 Å². The molecule has 0 aliphatic carbocycles. The van der Waals surface area contributed by atoms with Gasteiger partial charge in [0.2, 0.25) is 0 Å². The van der Waals surface area contributed by atoms with E-state index in [0.29, 0.717) is 0 Å². The van der Waals surface area contributed by atoms with Gasteiger partial charge in [-0.25, -0.2) is 4.21 Å². The zero-order chi connectivity index (χ0) is 13.1. The topological polar surface area (TPSA) is 60.4 Å². The molecule has 1 unspecified atom stereocenters. The number of alkyl halides is 8. The quantitative estimate of drug-likeness (QED) is 0.358. The summed E-state index contributed by atoms with van der Waals surface area (Å²) in [5.74, 6) is -6.62. The Morgan fingerprint density at radius 3 is 1.00 bits per heavy atom. The first kappa shape index (κ1) is 22.3. The summed E-state index contributed by atoms with van der Waals surface area (Å²) in [4.78, 5) is 0. The van der Waals surface area contributed by atoms with Crippen LogP contribution in [0.5, 0.6) is 0 Å². The second-order valence-electron chi connectivity index (χ2n) is 1.79. The minimum absolute atomic E-state index is 0. The molecule has 94 valence electrons. The smallest absolute Gasteiger partial charge is 0.750 e. The van der Waals surface area contributed by atoms with Crippen LogP contribution in [0.3, 0.4) is 0 Å². The molecular weight excluding hydrogens is 307 g/mol. The Balaban J connectivity index is -0.000000292. The summed E-state index contributed by atoms with van der Waals surface area (Å²) in [6, 6.07) is 0. The molecule has 0 saturated carbocycles. The Morgan fingerprint density at radius 2 is 1.00 bits per heavy atom. The van der Waals surface area contributed by atoms with Crippen molar-refractivity contribution in [2.24, 2.45) is 0 Å². The Morgan fingerprint density at radius 1 is 0.875 bits per heavy atom.